The normalized spacial score (nSPS) is 10.9. The maximum atomic E-state index is 5.83. The Balaban J connectivity index is 1.83. The first-order valence-electron chi connectivity index (χ1n) is 5.09. The van der Waals surface area contributed by atoms with Crippen LogP contribution in [-0.4, -0.2) is 15.2 Å². The Morgan fingerprint density at radius 2 is 2.29 bits per heavy atom. The largest absolute Gasteiger partial charge is 0.377 e. The third-order valence-corrected chi connectivity index (χ3v) is 3.55. The van der Waals surface area contributed by atoms with E-state index in [1.54, 1.807) is 12.4 Å². The molecule has 86 valence electrons. The van der Waals surface area contributed by atoms with Gasteiger partial charge in [0.25, 0.3) is 0 Å². The first-order chi connectivity index (χ1) is 8.33. The van der Waals surface area contributed by atoms with E-state index < -0.39 is 0 Å². The van der Waals surface area contributed by atoms with Crippen LogP contribution < -0.4 is 5.32 Å². The molecule has 0 unspecified atom stereocenters. The summed E-state index contributed by atoms with van der Waals surface area (Å²) in [6.07, 6.45) is 3.47. The van der Waals surface area contributed by atoms with Crippen LogP contribution in [0.2, 0.25) is 4.34 Å². The number of hydrogen-bond donors (Lipinski definition) is 2. The van der Waals surface area contributed by atoms with E-state index in [2.05, 4.69) is 20.5 Å². The van der Waals surface area contributed by atoms with Crippen molar-refractivity contribution in [3.63, 3.8) is 0 Å². The minimum Gasteiger partial charge on any atom is -0.377 e. The van der Waals surface area contributed by atoms with Gasteiger partial charge in [0.1, 0.15) is 9.34 Å². The SMILES string of the molecule is Clc1cnc(CNc2cccc3cn[nH]c23)s1. The number of H-pyrrole nitrogens is 1. The van der Waals surface area contributed by atoms with Gasteiger partial charge in [-0.15, -0.1) is 11.3 Å². The van der Waals surface area contributed by atoms with Crippen molar-refractivity contribution in [2.24, 2.45) is 0 Å². The van der Waals surface area contributed by atoms with Crippen molar-refractivity contribution in [2.45, 2.75) is 6.54 Å². The van der Waals surface area contributed by atoms with Crippen LogP contribution in [0, 0.1) is 0 Å². The van der Waals surface area contributed by atoms with Crippen LogP contribution in [0.25, 0.3) is 10.9 Å². The van der Waals surface area contributed by atoms with Gasteiger partial charge in [-0.25, -0.2) is 4.98 Å². The highest BCUT2D eigenvalue weighted by atomic mass is 35.5. The van der Waals surface area contributed by atoms with Gasteiger partial charge in [-0.05, 0) is 6.07 Å². The van der Waals surface area contributed by atoms with Crippen LogP contribution in [0.1, 0.15) is 5.01 Å². The number of benzene rings is 1. The second kappa shape index (κ2) is 4.35. The average molecular weight is 265 g/mol. The molecule has 0 aliphatic rings. The van der Waals surface area contributed by atoms with Crippen LogP contribution in [0.3, 0.4) is 0 Å². The molecule has 0 aliphatic carbocycles. The van der Waals surface area contributed by atoms with Crippen molar-refractivity contribution in [3.05, 3.63) is 39.9 Å². The van der Waals surface area contributed by atoms with E-state index in [-0.39, 0.29) is 0 Å². The fourth-order valence-electron chi connectivity index (χ4n) is 1.66. The van der Waals surface area contributed by atoms with Crippen molar-refractivity contribution in [2.75, 3.05) is 5.32 Å². The maximum absolute atomic E-state index is 5.83. The second-order valence-electron chi connectivity index (χ2n) is 3.55. The predicted octanol–water partition coefficient (Wildman–Crippen LogP) is 3.28. The first kappa shape index (κ1) is 10.6. The number of hydrogen-bond acceptors (Lipinski definition) is 4. The Labute approximate surface area is 107 Å². The summed E-state index contributed by atoms with van der Waals surface area (Å²) in [5.74, 6) is 0. The number of aromatic amines is 1. The van der Waals surface area contributed by atoms with E-state index in [0.29, 0.717) is 10.9 Å². The molecule has 0 bridgehead atoms. The van der Waals surface area contributed by atoms with Crippen molar-refractivity contribution in [1.82, 2.24) is 15.2 Å². The molecule has 6 heteroatoms. The number of halogens is 1. The van der Waals surface area contributed by atoms with Gasteiger partial charge in [-0.2, -0.15) is 5.10 Å². The van der Waals surface area contributed by atoms with Gasteiger partial charge < -0.3 is 5.32 Å². The van der Waals surface area contributed by atoms with E-state index in [9.17, 15) is 0 Å². The molecule has 3 aromatic rings. The monoisotopic (exact) mass is 264 g/mol. The Kier molecular flexibility index (Phi) is 2.70. The number of aromatic nitrogens is 3. The lowest BCUT2D eigenvalue weighted by Gasteiger charge is -2.04. The van der Waals surface area contributed by atoms with Gasteiger partial charge in [0, 0.05) is 5.39 Å². The molecule has 0 radical (unpaired) electrons. The molecule has 0 amide bonds. The van der Waals surface area contributed by atoms with E-state index >= 15 is 0 Å². The van der Waals surface area contributed by atoms with E-state index in [0.717, 1.165) is 21.6 Å². The minimum absolute atomic E-state index is 0.662. The highest BCUT2D eigenvalue weighted by Crippen LogP contribution is 2.23. The van der Waals surface area contributed by atoms with E-state index in [4.69, 9.17) is 11.6 Å². The molecule has 0 fully saturated rings. The number of nitrogens with zero attached hydrogens (tertiary/aromatic N) is 2. The summed E-state index contributed by atoms with van der Waals surface area (Å²) in [4.78, 5) is 4.20. The van der Waals surface area contributed by atoms with E-state index in [1.165, 1.54) is 11.3 Å². The number of anilines is 1. The number of nitrogens with one attached hydrogen (secondary N) is 2. The summed E-state index contributed by atoms with van der Waals surface area (Å²) in [6, 6.07) is 6.02. The maximum Gasteiger partial charge on any atom is 0.113 e. The summed E-state index contributed by atoms with van der Waals surface area (Å²) in [5.41, 5.74) is 2.03. The summed E-state index contributed by atoms with van der Waals surface area (Å²) >= 11 is 7.31. The zero-order valence-corrected chi connectivity index (χ0v) is 10.3. The molecule has 0 saturated carbocycles. The molecule has 0 spiro atoms. The lowest BCUT2D eigenvalue weighted by atomic mass is 10.2. The van der Waals surface area contributed by atoms with Gasteiger partial charge in [0.15, 0.2) is 0 Å². The Bertz CT molecular complexity index is 646. The standard InChI is InChI=1S/C11H9ClN4S/c12-9-5-14-10(17-9)6-13-8-3-1-2-7-4-15-16-11(7)8/h1-5,13H,6H2,(H,15,16). The topological polar surface area (TPSA) is 53.6 Å². The summed E-state index contributed by atoms with van der Waals surface area (Å²) in [6.45, 7) is 0.662. The Hall–Kier alpha value is -1.59. The van der Waals surface area contributed by atoms with Crippen molar-refractivity contribution >= 4 is 39.5 Å². The molecule has 0 atom stereocenters. The molecule has 4 nitrogen and oxygen atoms in total. The smallest absolute Gasteiger partial charge is 0.113 e. The average Bonchev–Trinajstić information content (AvgIpc) is 2.94. The van der Waals surface area contributed by atoms with Gasteiger partial charge in [-0.3, -0.25) is 5.10 Å². The molecule has 2 N–H and O–H groups in total. The van der Waals surface area contributed by atoms with Gasteiger partial charge in [0.05, 0.1) is 30.1 Å². The third-order valence-electron chi connectivity index (χ3n) is 2.43. The Morgan fingerprint density at radius 3 is 3.12 bits per heavy atom. The van der Waals surface area contributed by atoms with Crippen LogP contribution in [0.5, 0.6) is 0 Å². The fraction of sp³-hybridized carbons (Fsp3) is 0.0909. The second-order valence-corrected chi connectivity index (χ2v) is 5.30. The van der Waals surface area contributed by atoms with Gasteiger partial charge in [-0.1, -0.05) is 23.7 Å². The lowest BCUT2D eigenvalue weighted by Crippen LogP contribution is -1.99. The summed E-state index contributed by atoms with van der Waals surface area (Å²) < 4.78 is 0.710. The Morgan fingerprint density at radius 1 is 1.35 bits per heavy atom. The van der Waals surface area contributed by atoms with Crippen LogP contribution >= 0.6 is 22.9 Å². The van der Waals surface area contributed by atoms with E-state index in [1.807, 2.05) is 18.2 Å². The summed E-state index contributed by atoms with van der Waals surface area (Å²) in [5, 5.41) is 12.4. The first-order valence-corrected chi connectivity index (χ1v) is 6.28. The van der Waals surface area contributed by atoms with Crippen LogP contribution in [0.15, 0.2) is 30.6 Å². The molecule has 2 heterocycles. The number of thiazole rings is 1. The lowest BCUT2D eigenvalue weighted by molar-refractivity contribution is 1.09. The number of rotatable bonds is 3. The highest BCUT2D eigenvalue weighted by Gasteiger charge is 2.04. The molecular weight excluding hydrogens is 256 g/mol. The molecule has 17 heavy (non-hydrogen) atoms. The minimum atomic E-state index is 0.662. The van der Waals surface area contributed by atoms with Gasteiger partial charge in [0.2, 0.25) is 0 Å². The van der Waals surface area contributed by atoms with Crippen molar-refractivity contribution < 1.29 is 0 Å². The molecule has 0 aliphatic heterocycles. The van der Waals surface area contributed by atoms with Crippen LogP contribution in [0.4, 0.5) is 5.69 Å². The zero-order valence-electron chi connectivity index (χ0n) is 8.77. The number of para-hydroxylation sites is 1. The zero-order chi connectivity index (χ0) is 11.7. The summed E-state index contributed by atoms with van der Waals surface area (Å²) in [7, 11) is 0. The quantitative estimate of drug-likeness (QED) is 0.763. The predicted molar refractivity (Wildman–Crippen MR) is 70.5 cm³/mol. The molecule has 3 rings (SSSR count). The molecule has 1 aromatic carbocycles. The number of fused-ring (bicyclic) bond motifs is 1. The van der Waals surface area contributed by atoms with Crippen LogP contribution in [-0.2, 0) is 6.54 Å². The van der Waals surface area contributed by atoms with Crippen molar-refractivity contribution in [3.8, 4) is 0 Å². The molecule has 0 saturated heterocycles. The molecule has 2 aromatic heterocycles. The molecular formula is C11H9ClN4S. The fourth-order valence-corrected chi connectivity index (χ4v) is 2.55. The van der Waals surface area contributed by atoms with Gasteiger partial charge >= 0.3 is 0 Å². The third kappa shape index (κ3) is 2.11. The highest BCUT2D eigenvalue weighted by molar-refractivity contribution is 7.15. The van der Waals surface area contributed by atoms with Crippen molar-refractivity contribution in [1.29, 1.82) is 0 Å².